The van der Waals surface area contributed by atoms with Crippen LogP contribution >= 0.6 is 23.2 Å². The van der Waals surface area contributed by atoms with Crippen LogP contribution in [0, 0.1) is 5.92 Å². The van der Waals surface area contributed by atoms with Gasteiger partial charge in [-0.2, -0.15) is 0 Å². The molecule has 1 saturated heterocycles. The quantitative estimate of drug-likeness (QED) is 0.916. The molecule has 0 aliphatic carbocycles. The first-order valence-electron chi connectivity index (χ1n) is 6.05. The second-order valence-corrected chi connectivity index (χ2v) is 5.56. The average molecular weight is 273 g/mol. The average Bonchev–Trinajstić information content (AvgIpc) is 2.34. The summed E-state index contributed by atoms with van der Waals surface area (Å²) in [6, 6.07) is 5.64. The van der Waals surface area contributed by atoms with Gasteiger partial charge in [0, 0.05) is 23.1 Å². The summed E-state index contributed by atoms with van der Waals surface area (Å²) in [7, 11) is 0. The third-order valence-electron chi connectivity index (χ3n) is 3.34. The van der Waals surface area contributed by atoms with E-state index in [0.717, 1.165) is 41.8 Å². The fourth-order valence-corrected chi connectivity index (χ4v) is 2.76. The maximum atomic E-state index is 6.18. The molecule has 1 aliphatic rings. The van der Waals surface area contributed by atoms with E-state index in [-0.39, 0.29) is 0 Å². The summed E-state index contributed by atoms with van der Waals surface area (Å²) < 4.78 is 0. The van der Waals surface area contributed by atoms with E-state index in [9.17, 15) is 0 Å². The third kappa shape index (κ3) is 3.59. The van der Waals surface area contributed by atoms with Crippen molar-refractivity contribution >= 4 is 23.2 Å². The van der Waals surface area contributed by atoms with Crippen LogP contribution in [0.25, 0.3) is 0 Å². The van der Waals surface area contributed by atoms with Crippen molar-refractivity contribution in [1.29, 1.82) is 0 Å². The van der Waals surface area contributed by atoms with Gasteiger partial charge in [0.15, 0.2) is 0 Å². The molecule has 94 valence electrons. The lowest BCUT2D eigenvalue weighted by Gasteiger charge is -2.32. The molecule has 0 radical (unpaired) electrons. The zero-order valence-corrected chi connectivity index (χ0v) is 11.3. The van der Waals surface area contributed by atoms with Gasteiger partial charge in [-0.1, -0.05) is 23.2 Å². The van der Waals surface area contributed by atoms with Crippen LogP contribution in [0.15, 0.2) is 18.2 Å². The molecule has 0 spiro atoms. The number of rotatable bonds is 3. The first-order chi connectivity index (χ1) is 8.19. The Balaban J connectivity index is 2.02. The van der Waals surface area contributed by atoms with E-state index in [2.05, 4.69) is 4.90 Å². The Morgan fingerprint density at radius 3 is 2.94 bits per heavy atom. The minimum absolute atomic E-state index is 0.627. The summed E-state index contributed by atoms with van der Waals surface area (Å²) in [5.41, 5.74) is 6.85. The van der Waals surface area contributed by atoms with Gasteiger partial charge in [-0.25, -0.2) is 0 Å². The van der Waals surface area contributed by atoms with E-state index in [1.807, 2.05) is 18.2 Å². The standard InChI is InChI=1S/C13H18Cl2N2/c14-12-3-4-13(15)11(6-12)9-17-5-1-2-10(7-16)8-17/h3-4,6,10H,1-2,5,7-9,16H2. The molecular formula is C13H18Cl2N2. The van der Waals surface area contributed by atoms with Gasteiger partial charge in [0.05, 0.1) is 0 Å². The molecule has 1 atom stereocenters. The van der Waals surface area contributed by atoms with Crippen LogP contribution < -0.4 is 5.73 Å². The normalized spacial score (nSPS) is 21.7. The van der Waals surface area contributed by atoms with E-state index >= 15 is 0 Å². The van der Waals surface area contributed by atoms with E-state index in [1.54, 1.807) is 0 Å². The SMILES string of the molecule is NCC1CCCN(Cc2cc(Cl)ccc2Cl)C1. The Hall–Kier alpha value is -0.280. The number of nitrogens with zero attached hydrogens (tertiary/aromatic N) is 1. The molecular weight excluding hydrogens is 255 g/mol. The predicted molar refractivity (Wildman–Crippen MR) is 73.5 cm³/mol. The predicted octanol–water partition coefficient (Wildman–Crippen LogP) is 3.16. The molecule has 1 heterocycles. The lowest BCUT2D eigenvalue weighted by Crippen LogP contribution is -2.37. The van der Waals surface area contributed by atoms with Gasteiger partial charge in [0.1, 0.15) is 0 Å². The Bertz CT molecular complexity index is 382. The van der Waals surface area contributed by atoms with E-state index in [0.29, 0.717) is 5.92 Å². The van der Waals surface area contributed by atoms with Crippen molar-refractivity contribution in [3.63, 3.8) is 0 Å². The second-order valence-electron chi connectivity index (χ2n) is 4.71. The molecule has 0 bridgehead atoms. The molecule has 2 nitrogen and oxygen atoms in total. The summed E-state index contributed by atoms with van der Waals surface area (Å²) in [6.45, 7) is 3.84. The van der Waals surface area contributed by atoms with Crippen LogP contribution in [0.3, 0.4) is 0 Å². The van der Waals surface area contributed by atoms with Gasteiger partial charge in [-0.3, -0.25) is 4.90 Å². The van der Waals surface area contributed by atoms with Crippen LogP contribution in [0.1, 0.15) is 18.4 Å². The van der Waals surface area contributed by atoms with Gasteiger partial charge < -0.3 is 5.73 Å². The number of hydrogen-bond acceptors (Lipinski definition) is 2. The zero-order valence-electron chi connectivity index (χ0n) is 9.83. The number of nitrogens with two attached hydrogens (primary N) is 1. The summed E-state index contributed by atoms with van der Waals surface area (Å²) in [5.74, 6) is 0.627. The number of benzene rings is 1. The fourth-order valence-electron chi connectivity index (χ4n) is 2.39. The summed E-state index contributed by atoms with van der Waals surface area (Å²) in [5, 5.41) is 1.54. The summed E-state index contributed by atoms with van der Waals surface area (Å²) >= 11 is 12.2. The van der Waals surface area contributed by atoms with Crippen LogP contribution in [-0.2, 0) is 6.54 Å². The molecule has 1 unspecified atom stereocenters. The van der Waals surface area contributed by atoms with Crippen molar-refractivity contribution < 1.29 is 0 Å². The summed E-state index contributed by atoms with van der Waals surface area (Å²) in [4.78, 5) is 2.42. The summed E-state index contributed by atoms with van der Waals surface area (Å²) in [6.07, 6.45) is 2.47. The lowest BCUT2D eigenvalue weighted by atomic mass is 9.98. The highest BCUT2D eigenvalue weighted by molar-refractivity contribution is 6.33. The molecule has 1 aromatic rings. The van der Waals surface area contributed by atoms with Crippen LogP contribution in [0.2, 0.25) is 10.0 Å². The van der Waals surface area contributed by atoms with Gasteiger partial charge >= 0.3 is 0 Å². The molecule has 17 heavy (non-hydrogen) atoms. The molecule has 2 rings (SSSR count). The Morgan fingerprint density at radius 1 is 1.35 bits per heavy atom. The van der Waals surface area contributed by atoms with Crippen molar-refractivity contribution in [3.8, 4) is 0 Å². The van der Waals surface area contributed by atoms with Crippen molar-refractivity contribution in [2.24, 2.45) is 11.7 Å². The first kappa shape index (κ1) is 13.2. The number of hydrogen-bond donors (Lipinski definition) is 1. The number of likely N-dealkylation sites (tertiary alicyclic amines) is 1. The van der Waals surface area contributed by atoms with Crippen LogP contribution in [0.4, 0.5) is 0 Å². The molecule has 1 aliphatic heterocycles. The largest absolute Gasteiger partial charge is 0.330 e. The smallest absolute Gasteiger partial charge is 0.0452 e. The van der Waals surface area contributed by atoms with Crippen LogP contribution in [-0.4, -0.2) is 24.5 Å². The Labute approximate surface area is 113 Å². The molecule has 4 heteroatoms. The Morgan fingerprint density at radius 2 is 2.18 bits per heavy atom. The number of halogens is 2. The maximum absolute atomic E-state index is 6.18. The molecule has 1 fully saturated rings. The minimum atomic E-state index is 0.627. The zero-order chi connectivity index (χ0) is 12.3. The molecule has 0 saturated carbocycles. The van der Waals surface area contributed by atoms with Gasteiger partial charge in [0.2, 0.25) is 0 Å². The molecule has 1 aromatic carbocycles. The van der Waals surface area contributed by atoms with E-state index < -0.39 is 0 Å². The van der Waals surface area contributed by atoms with Gasteiger partial charge in [-0.05, 0) is 55.6 Å². The van der Waals surface area contributed by atoms with Gasteiger partial charge in [0.25, 0.3) is 0 Å². The second kappa shape index (κ2) is 6.05. The molecule has 0 amide bonds. The lowest BCUT2D eigenvalue weighted by molar-refractivity contribution is 0.171. The molecule has 2 N–H and O–H groups in total. The van der Waals surface area contributed by atoms with Crippen molar-refractivity contribution in [3.05, 3.63) is 33.8 Å². The third-order valence-corrected chi connectivity index (χ3v) is 3.94. The number of piperidine rings is 1. The highest BCUT2D eigenvalue weighted by atomic mass is 35.5. The fraction of sp³-hybridized carbons (Fsp3) is 0.538. The minimum Gasteiger partial charge on any atom is -0.330 e. The first-order valence-corrected chi connectivity index (χ1v) is 6.81. The van der Waals surface area contributed by atoms with Crippen molar-refractivity contribution in [2.45, 2.75) is 19.4 Å². The van der Waals surface area contributed by atoms with Crippen molar-refractivity contribution in [2.75, 3.05) is 19.6 Å². The molecule has 0 aromatic heterocycles. The van der Waals surface area contributed by atoms with Crippen molar-refractivity contribution in [1.82, 2.24) is 4.90 Å². The monoisotopic (exact) mass is 272 g/mol. The Kier molecular flexibility index (Phi) is 4.69. The highest BCUT2D eigenvalue weighted by Gasteiger charge is 2.19. The highest BCUT2D eigenvalue weighted by Crippen LogP contribution is 2.24. The topological polar surface area (TPSA) is 29.3 Å². The van der Waals surface area contributed by atoms with E-state index in [4.69, 9.17) is 28.9 Å². The van der Waals surface area contributed by atoms with Gasteiger partial charge in [-0.15, -0.1) is 0 Å². The van der Waals surface area contributed by atoms with Crippen LogP contribution in [0.5, 0.6) is 0 Å². The van der Waals surface area contributed by atoms with E-state index in [1.165, 1.54) is 12.8 Å². The maximum Gasteiger partial charge on any atom is 0.0452 e.